The summed E-state index contributed by atoms with van der Waals surface area (Å²) in [6, 6.07) is 14.9. The Morgan fingerprint density at radius 2 is 1.66 bits per heavy atom. The highest BCUT2D eigenvalue weighted by Gasteiger charge is 2.23. The third-order valence-electron chi connectivity index (χ3n) is 6.45. The first-order valence-electron chi connectivity index (χ1n) is 11.8. The molecule has 2 unspecified atom stereocenters. The van der Waals surface area contributed by atoms with E-state index in [1.165, 1.54) is 16.7 Å². The molecule has 3 N–H and O–H groups in total. The Kier molecular flexibility index (Phi) is 8.50. The van der Waals surface area contributed by atoms with Crippen LogP contribution in [0.15, 0.2) is 42.5 Å². The first-order valence-corrected chi connectivity index (χ1v) is 11.8. The Bertz CT molecular complexity index is 1020. The molecule has 0 saturated heterocycles. The molecule has 4 nitrogen and oxygen atoms in total. The molecule has 0 saturated carbocycles. The van der Waals surface area contributed by atoms with Crippen LogP contribution < -0.4 is 11.1 Å². The van der Waals surface area contributed by atoms with E-state index < -0.39 is 0 Å². The van der Waals surface area contributed by atoms with Crippen molar-refractivity contribution in [3.63, 3.8) is 0 Å². The van der Waals surface area contributed by atoms with Crippen LogP contribution in [0.3, 0.4) is 0 Å². The van der Waals surface area contributed by atoms with Crippen LogP contribution in [-0.2, 0) is 28.9 Å². The summed E-state index contributed by atoms with van der Waals surface area (Å²) in [6.45, 7) is 4.55. The fourth-order valence-electron chi connectivity index (χ4n) is 4.33. The van der Waals surface area contributed by atoms with Gasteiger partial charge < -0.3 is 11.1 Å². The van der Waals surface area contributed by atoms with Crippen LogP contribution in [0.4, 0.5) is 0 Å². The van der Waals surface area contributed by atoms with E-state index in [0.717, 1.165) is 36.8 Å². The average Bonchev–Trinajstić information content (AvgIpc) is 2.79. The second-order valence-electron chi connectivity index (χ2n) is 8.64. The minimum atomic E-state index is -0.314. The molecule has 32 heavy (non-hydrogen) atoms. The third-order valence-corrected chi connectivity index (χ3v) is 6.45. The summed E-state index contributed by atoms with van der Waals surface area (Å²) in [5, 5.41) is 3.05. The van der Waals surface area contributed by atoms with Crippen molar-refractivity contribution in [3.05, 3.63) is 70.3 Å². The molecule has 168 valence electrons. The predicted octanol–water partition coefficient (Wildman–Crippen LogP) is 4.16. The highest BCUT2D eigenvalue weighted by molar-refractivity contribution is 5.81. The molecule has 0 bridgehead atoms. The summed E-state index contributed by atoms with van der Waals surface area (Å²) in [6.07, 6.45) is 5.69. The van der Waals surface area contributed by atoms with Gasteiger partial charge in [-0.2, -0.15) is 0 Å². The zero-order valence-corrected chi connectivity index (χ0v) is 19.2. The van der Waals surface area contributed by atoms with E-state index >= 15 is 0 Å². The summed E-state index contributed by atoms with van der Waals surface area (Å²) in [4.78, 5) is 24.1. The lowest BCUT2D eigenvalue weighted by Crippen LogP contribution is -2.34. The van der Waals surface area contributed by atoms with E-state index in [1.807, 2.05) is 19.9 Å². The normalized spacial score (nSPS) is 13.9. The highest BCUT2D eigenvalue weighted by atomic mass is 16.2. The Balaban J connectivity index is 1.52. The van der Waals surface area contributed by atoms with E-state index in [0.29, 0.717) is 25.8 Å². The van der Waals surface area contributed by atoms with Gasteiger partial charge in [0.2, 0.25) is 11.8 Å². The lowest BCUT2D eigenvalue weighted by molar-refractivity contribution is -0.127. The van der Waals surface area contributed by atoms with Crippen molar-refractivity contribution in [2.75, 3.05) is 6.54 Å². The molecular formula is C28H34N2O2. The molecule has 0 heterocycles. The molecule has 3 rings (SSSR count). The first-order chi connectivity index (χ1) is 15.5. The van der Waals surface area contributed by atoms with Gasteiger partial charge >= 0.3 is 0 Å². The second kappa shape index (κ2) is 11.5. The molecule has 1 aliphatic rings. The number of nitrogens with one attached hydrogen (secondary N) is 1. The van der Waals surface area contributed by atoms with E-state index in [1.54, 1.807) is 0 Å². The maximum atomic E-state index is 12.5. The van der Waals surface area contributed by atoms with Gasteiger partial charge in [-0.3, -0.25) is 9.59 Å². The Morgan fingerprint density at radius 1 is 0.969 bits per heavy atom. The van der Waals surface area contributed by atoms with Crippen LogP contribution in [0.1, 0.15) is 67.3 Å². The Hall–Kier alpha value is -3.06. The van der Waals surface area contributed by atoms with Crippen LogP contribution in [0.25, 0.3) is 0 Å². The van der Waals surface area contributed by atoms with Crippen molar-refractivity contribution in [1.29, 1.82) is 0 Å². The largest absolute Gasteiger partial charge is 0.369 e. The van der Waals surface area contributed by atoms with Crippen molar-refractivity contribution in [1.82, 2.24) is 5.32 Å². The molecule has 2 aromatic rings. The molecule has 0 fully saturated rings. The standard InChI is InChI=1S/C28H34N2O2/c1-3-21(27(29)31)19-22(4-2)28(32)30-17-7-8-20-11-12-25-14-13-23-9-5-6-10-24(23)15-16-26(25)18-20/h5-6,9-12,18,21-22H,3-4,7-8,15-17,19H2,1-2H3,(H2,29,31)(H,30,32). The number of amides is 2. The number of aryl methyl sites for hydroxylation is 3. The summed E-state index contributed by atoms with van der Waals surface area (Å²) in [5.41, 5.74) is 11.6. The fraction of sp³-hybridized carbons (Fsp3) is 0.429. The third kappa shape index (κ3) is 6.23. The van der Waals surface area contributed by atoms with Crippen molar-refractivity contribution >= 4 is 11.8 Å². The maximum Gasteiger partial charge on any atom is 0.223 e. The van der Waals surface area contributed by atoms with Crippen LogP contribution in [-0.4, -0.2) is 18.4 Å². The van der Waals surface area contributed by atoms with Crippen molar-refractivity contribution < 1.29 is 9.59 Å². The van der Waals surface area contributed by atoms with Gasteiger partial charge in [0.1, 0.15) is 0 Å². The van der Waals surface area contributed by atoms with Crippen molar-refractivity contribution in [2.24, 2.45) is 17.6 Å². The number of hydrogen-bond acceptors (Lipinski definition) is 2. The number of hydrogen-bond donors (Lipinski definition) is 2. The molecule has 2 amide bonds. The topological polar surface area (TPSA) is 72.2 Å². The molecular weight excluding hydrogens is 396 g/mol. The number of rotatable bonds is 10. The average molecular weight is 431 g/mol. The van der Waals surface area contributed by atoms with E-state index in [9.17, 15) is 9.59 Å². The fourth-order valence-corrected chi connectivity index (χ4v) is 4.33. The molecule has 1 aliphatic carbocycles. The van der Waals surface area contributed by atoms with E-state index in [2.05, 4.69) is 53.6 Å². The summed E-state index contributed by atoms with van der Waals surface area (Å²) in [7, 11) is 0. The zero-order valence-electron chi connectivity index (χ0n) is 19.2. The monoisotopic (exact) mass is 430 g/mol. The van der Waals surface area contributed by atoms with Gasteiger partial charge in [0.25, 0.3) is 0 Å². The van der Waals surface area contributed by atoms with Gasteiger partial charge in [-0.15, -0.1) is 0 Å². The minimum Gasteiger partial charge on any atom is -0.369 e. The molecule has 0 spiro atoms. The van der Waals surface area contributed by atoms with E-state index in [4.69, 9.17) is 5.73 Å². The smallest absolute Gasteiger partial charge is 0.223 e. The van der Waals surface area contributed by atoms with Gasteiger partial charge in [0, 0.05) is 29.5 Å². The van der Waals surface area contributed by atoms with Gasteiger partial charge in [-0.05, 0) is 73.8 Å². The molecule has 4 heteroatoms. The SMILES string of the molecule is CCC(CC(CC)C(=O)NCCCc1ccc2c(c1)CCc1ccccc1C#C2)C(N)=O. The lowest BCUT2D eigenvalue weighted by atomic mass is 9.89. The molecule has 2 atom stereocenters. The molecule has 0 aliphatic heterocycles. The molecule has 0 radical (unpaired) electrons. The van der Waals surface area contributed by atoms with Crippen molar-refractivity contribution in [3.8, 4) is 11.8 Å². The second-order valence-corrected chi connectivity index (χ2v) is 8.64. The van der Waals surface area contributed by atoms with Gasteiger partial charge in [-0.1, -0.05) is 56.0 Å². The number of primary amides is 1. The molecule has 2 aromatic carbocycles. The van der Waals surface area contributed by atoms with Crippen LogP contribution in [0, 0.1) is 23.7 Å². The molecule has 0 aromatic heterocycles. The Labute approximate surface area is 192 Å². The first kappa shape index (κ1) is 23.6. The number of nitrogens with two attached hydrogens (primary N) is 1. The zero-order chi connectivity index (χ0) is 22.9. The van der Waals surface area contributed by atoms with Crippen LogP contribution >= 0.6 is 0 Å². The van der Waals surface area contributed by atoms with Gasteiger partial charge in [-0.25, -0.2) is 0 Å². The Morgan fingerprint density at radius 3 is 2.38 bits per heavy atom. The lowest BCUT2D eigenvalue weighted by Gasteiger charge is -2.19. The quantitative estimate of drug-likeness (QED) is 0.439. The van der Waals surface area contributed by atoms with Gasteiger partial charge in [0.05, 0.1) is 0 Å². The number of benzene rings is 2. The summed E-state index contributed by atoms with van der Waals surface area (Å²) >= 11 is 0. The summed E-state index contributed by atoms with van der Waals surface area (Å²) < 4.78 is 0. The summed E-state index contributed by atoms with van der Waals surface area (Å²) in [5.74, 6) is 5.98. The van der Waals surface area contributed by atoms with Crippen LogP contribution in [0.2, 0.25) is 0 Å². The number of fused-ring (bicyclic) bond motifs is 2. The van der Waals surface area contributed by atoms with Crippen molar-refractivity contribution in [2.45, 2.75) is 58.8 Å². The minimum absolute atomic E-state index is 0.0271. The van der Waals surface area contributed by atoms with Crippen LogP contribution in [0.5, 0.6) is 0 Å². The number of carbonyl (C=O) groups excluding carboxylic acids is 2. The van der Waals surface area contributed by atoms with E-state index in [-0.39, 0.29) is 23.7 Å². The number of carbonyl (C=O) groups is 2. The predicted molar refractivity (Wildman–Crippen MR) is 129 cm³/mol. The highest BCUT2D eigenvalue weighted by Crippen LogP contribution is 2.20. The maximum absolute atomic E-state index is 12.5. The van der Waals surface area contributed by atoms with Gasteiger partial charge in [0.15, 0.2) is 0 Å².